The molecule has 3 N–H and O–H groups in total. The molecule has 1 aromatic rings. The summed E-state index contributed by atoms with van der Waals surface area (Å²) in [5.41, 5.74) is 6.35. The number of benzene rings is 1. The van der Waals surface area contributed by atoms with E-state index in [1.54, 1.807) is 12.1 Å². The molecule has 0 aliphatic heterocycles. The first kappa shape index (κ1) is 13.4. The van der Waals surface area contributed by atoms with Gasteiger partial charge in [-0.25, -0.2) is 8.78 Å². The first-order valence-corrected chi connectivity index (χ1v) is 6.34. The molecule has 1 fully saturated rings. The van der Waals surface area contributed by atoms with Crippen molar-refractivity contribution in [2.45, 2.75) is 43.2 Å². The zero-order valence-electron chi connectivity index (χ0n) is 10.3. The monoisotopic (exact) mass is 255 g/mol. The van der Waals surface area contributed by atoms with Crippen LogP contribution in [0, 0.1) is 5.82 Å². The third-order valence-electron chi connectivity index (χ3n) is 4.14. The van der Waals surface area contributed by atoms with Gasteiger partial charge in [-0.2, -0.15) is 0 Å². The van der Waals surface area contributed by atoms with Crippen molar-refractivity contribution in [2.75, 3.05) is 6.67 Å². The Balaban J connectivity index is 2.33. The van der Waals surface area contributed by atoms with E-state index < -0.39 is 18.1 Å². The van der Waals surface area contributed by atoms with E-state index in [1.165, 1.54) is 12.1 Å². The average Bonchev–Trinajstić information content (AvgIpc) is 2.40. The predicted molar refractivity (Wildman–Crippen MR) is 66.5 cm³/mol. The molecule has 100 valence electrons. The third kappa shape index (κ3) is 2.40. The fraction of sp³-hybridized carbons (Fsp3) is 0.571. The van der Waals surface area contributed by atoms with Gasteiger partial charge >= 0.3 is 0 Å². The van der Waals surface area contributed by atoms with Crippen molar-refractivity contribution in [2.24, 2.45) is 5.73 Å². The van der Waals surface area contributed by atoms with Crippen LogP contribution in [-0.2, 0) is 5.41 Å². The number of hydrogen-bond donors (Lipinski definition) is 2. The van der Waals surface area contributed by atoms with Crippen LogP contribution in [0.5, 0.6) is 0 Å². The minimum absolute atomic E-state index is 0.307. The van der Waals surface area contributed by atoms with E-state index in [0.717, 1.165) is 5.56 Å². The summed E-state index contributed by atoms with van der Waals surface area (Å²) < 4.78 is 26.0. The lowest BCUT2D eigenvalue weighted by Crippen LogP contribution is -2.49. The maximum Gasteiger partial charge on any atom is 0.123 e. The molecule has 0 unspecified atom stereocenters. The van der Waals surface area contributed by atoms with Crippen LogP contribution in [0.1, 0.15) is 31.2 Å². The van der Waals surface area contributed by atoms with E-state index in [1.807, 2.05) is 0 Å². The summed E-state index contributed by atoms with van der Waals surface area (Å²) in [6.07, 6.45) is 2.19. The fourth-order valence-corrected chi connectivity index (χ4v) is 2.92. The summed E-state index contributed by atoms with van der Waals surface area (Å²) in [6.45, 7) is -0.604. The second-order valence-electron chi connectivity index (χ2n) is 5.16. The molecule has 0 radical (unpaired) electrons. The van der Waals surface area contributed by atoms with Gasteiger partial charge < -0.3 is 10.8 Å². The van der Waals surface area contributed by atoms with Crippen LogP contribution in [0.3, 0.4) is 0 Å². The lowest BCUT2D eigenvalue weighted by Gasteiger charge is -2.43. The highest BCUT2D eigenvalue weighted by Gasteiger charge is 2.41. The Morgan fingerprint density at radius 2 is 1.83 bits per heavy atom. The highest BCUT2D eigenvalue weighted by Crippen LogP contribution is 2.41. The van der Waals surface area contributed by atoms with Gasteiger partial charge in [0.25, 0.3) is 0 Å². The number of alkyl halides is 1. The molecule has 0 saturated heterocycles. The van der Waals surface area contributed by atoms with Gasteiger partial charge in [-0.05, 0) is 43.4 Å². The average molecular weight is 255 g/mol. The molecule has 1 aliphatic carbocycles. The molecule has 4 heteroatoms. The molecule has 0 amide bonds. The van der Waals surface area contributed by atoms with E-state index in [-0.39, 0.29) is 11.9 Å². The highest BCUT2D eigenvalue weighted by molar-refractivity contribution is 5.29. The smallest absolute Gasteiger partial charge is 0.123 e. The second-order valence-corrected chi connectivity index (χ2v) is 5.16. The van der Waals surface area contributed by atoms with Crippen molar-refractivity contribution in [1.29, 1.82) is 0 Å². The van der Waals surface area contributed by atoms with E-state index in [0.29, 0.717) is 25.7 Å². The Morgan fingerprint density at radius 3 is 2.33 bits per heavy atom. The lowest BCUT2D eigenvalue weighted by atomic mass is 9.65. The molecule has 18 heavy (non-hydrogen) atoms. The number of halogens is 2. The fourth-order valence-electron chi connectivity index (χ4n) is 2.92. The maximum absolute atomic E-state index is 13.0. The van der Waals surface area contributed by atoms with Crippen LogP contribution < -0.4 is 5.73 Å². The van der Waals surface area contributed by atoms with E-state index in [9.17, 15) is 13.9 Å². The Bertz CT molecular complexity index is 385. The van der Waals surface area contributed by atoms with E-state index in [2.05, 4.69) is 0 Å². The lowest BCUT2D eigenvalue weighted by molar-refractivity contribution is 0.0813. The van der Waals surface area contributed by atoms with Gasteiger partial charge in [-0.15, -0.1) is 0 Å². The molecule has 0 spiro atoms. The first-order chi connectivity index (χ1) is 8.58. The van der Waals surface area contributed by atoms with Crippen LogP contribution in [0.15, 0.2) is 24.3 Å². The summed E-state index contributed by atoms with van der Waals surface area (Å²) in [4.78, 5) is 0. The summed E-state index contributed by atoms with van der Waals surface area (Å²) in [5.74, 6) is -0.307. The summed E-state index contributed by atoms with van der Waals surface area (Å²) in [6, 6.07) is 5.53. The van der Waals surface area contributed by atoms with Gasteiger partial charge in [0.15, 0.2) is 0 Å². The van der Waals surface area contributed by atoms with Crippen LogP contribution in [0.25, 0.3) is 0 Å². The standard InChI is InChI=1S/C14H19F2NO/c15-9-13(17)14(7-5-12(18)6-8-14)10-1-3-11(16)4-2-10/h1-4,12-13,18H,5-9,17H2/t12?,13-,14?/m1/s1. The number of rotatable bonds is 3. The van der Waals surface area contributed by atoms with Gasteiger partial charge in [0.2, 0.25) is 0 Å². The number of hydrogen-bond acceptors (Lipinski definition) is 2. The first-order valence-electron chi connectivity index (χ1n) is 6.34. The quantitative estimate of drug-likeness (QED) is 0.870. The molecular weight excluding hydrogens is 236 g/mol. The molecule has 0 bridgehead atoms. The third-order valence-corrected chi connectivity index (χ3v) is 4.14. The summed E-state index contributed by atoms with van der Waals surface area (Å²) in [5, 5.41) is 9.59. The van der Waals surface area contributed by atoms with Gasteiger partial charge in [0.05, 0.1) is 6.10 Å². The molecule has 1 saturated carbocycles. The van der Waals surface area contributed by atoms with Gasteiger partial charge in [0, 0.05) is 11.5 Å². The number of aliphatic hydroxyl groups is 1. The van der Waals surface area contributed by atoms with Gasteiger partial charge in [-0.1, -0.05) is 12.1 Å². The highest BCUT2D eigenvalue weighted by atomic mass is 19.1. The Kier molecular flexibility index (Phi) is 3.97. The van der Waals surface area contributed by atoms with Crippen molar-refractivity contribution in [3.05, 3.63) is 35.6 Å². The Hall–Kier alpha value is -1.00. The van der Waals surface area contributed by atoms with E-state index in [4.69, 9.17) is 5.73 Å². The molecule has 2 rings (SSSR count). The minimum atomic E-state index is -0.604. The number of aliphatic hydroxyl groups excluding tert-OH is 1. The zero-order chi connectivity index (χ0) is 13.2. The second kappa shape index (κ2) is 5.33. The predicted octanol–water partition coefficient (Wildman–Crippen LogP) is 2.30. The van der Waals surface area contributed by atoms with Crippen molar-refractivity contribution in [3.63, 3.8) is 0 Å². The van der Waals surface area contributed by atoms with Crippen LogP contribution in [0.2, 0.25) is 0 Å². The Labute approximate surface area is 106 Å². The van der Waals surface area contributed by atoms with Crippen LogP contribution in [0.4, 0.5) is 8.78 Å². The van der Waals surface area contributed by atoms with Crippen molar-refractivity contribution >= 4 is 0 Å². The topological polar surface area (TPSA) is 46.2 Å². The molecule has 1 atom stereocenters. The molecule has 0 aromatic heterocycles. The maximum atomic E-state index is 13.0. The van der Waals surface area contributed by atoms with Crippen molar-refractivity contribution in [1.82, 2.24) is 0 Å². The van der Waals surface area contributed by atoms with E-state index >= 15 is 0 Å². The molecular formula is C14H19F2NO. The molecule has 1 aromatic carbocycles. The van der Waals surface area contributed by atoms with Crippen LogP contribution in [-0.4, -0.2) is 23.9 Å². The largest absolute Gasteiger partial charge is 0.393 e. The zero-order valence-corrected chi connectivity index (χ0v) is 10.3. The minimum Gasteiger partial charge on any atom is -0.393 e. The Morgan fingerprint density at radius 1 is 1.28 bits per heavy atom. The molecule has 0 heterocycles. The normalized spacial score (nSPS) is 30.1. The van der Waals surface area contributed by atoms with Crippen LogP contribution >= 0.6 is 0 Å². The summed E-state index contributed by atoms with van der Waals surface area (Å²) >= 11 is 0. The molecule has 2 nitrogen and oxygen atoms in total. The van der Waals surface area contributed by atoms with Gasteiger partial charge in [0.1, 0.15) is 12.5 Å². The number of nitrogens with two attached hydrogens (primary N) is 1. The van der Waals surface area contributed by atoms with Crippen molar-refractivity contribution < 1.29 is 13.9 Å². The van der Waals surface area contributed by atoms with Crippen molar-refractivity contribution in [3.8, 4) is 0 Å². The SMILES string of the molecule is N[C@H](CF)C1(c2ccc(F)cc2)CCC(O)CC1. The van der Waals surface area contributed by atoms with Gasteiger partial charge in [-0.3, -0.25) is 0 Å². The molecule has 1 aliphatic rings. The summed E-state index contributed by atoms with van der Waals surface area (Å²) in [7, 11) is 0.